The molecule has 0 saturated carbocycles. The summed E-state index contributed by atoms with van der Waals surface area (Å²) in [4.78, 5) is 0. The van der Waals surface area contributed by atoms with Gasteiger partial charge in [0.25, 0.3) is 0 Å². The zero-order chi connectivity index (χ0) is 13.4. The lowest BCUT2D eigenvalue weighted by atomic mass is 10.0. The van der Waals surface area contributed by atoms with Gasteiger partial charge in [-0.1, -0.05) is 38.8 Å². The molecule has 0 spiro atoms. The van der Waals surface area contributed by atoms with Crippen LogP contribution in [-0.2, 0) is 0 Å². The van der Waals surface area contributed by atoms with Crippen LogP contribution in [0.15, 0.2) is 24.3 Å². The molecule has 1 aromatic rings. The van der Waals surface area contributed by atoms with Gasteiger partial charge >= 0.3 is 0 Å². The van der Waals surface area contributed by atoms with Crippen LogP contribution >= 0.6 is 0 Å². The molecule has 0 saturated heterocycles. The lowest BCUT2D eigenvalue weighted by Crippen LogP contribution is -2.30. The number of nitrogens with one attached hydrogen (secondary N) is 1. The summed E-state index contributed by atoms with van der Waals surface area (Å²) in [6.45, 7) is 6.66. The van der Waals surface area contributed by atoms with Crippen molar-refractivity contribution in [2.45, 2.75) is 58.5 Å². The highest BCUT2D eigenvalue weighted by Gasteiger charge is 2.11. The van der Waals surface area contributed by atoms with E-state index in [0.717, 1.165) is 5.56 Å². The molecule has 2 nitrogen and oxygen atoms in total. The molecule has 1 rings (SSSR count). The molecular formula is C16H24N2. The maximum Gasteiger partial charge on any atom is 0.0991 e. The second kappa shape index (κ2) is 7.89. The molecule has 0 bridgehead atoms. The molecule has 0 radical (unpaired) electrons. The third-order valence-corrected chi connectivity index (χ3v) is 3.42. The predicted molar refractivity (Wildman–Crippen MR) is 76.3 cm³/mol. The molecule has 1 aromatic carbocycles. The summed E-state index contributed by atoms with van der Waals surface area (Å²) < 4.78 is 0. The molecule has 0 heterocycles. The SMILES string of the molecule is CCCCC(CC)NC(C)c1ccc(C#N)cc1. The first-order valence-corrected chi connectivity index (χ1v) is 6.97. The molecule has 0 aliphatic heterocycles. The van der Waals surface area contributed by atoms with Gasteiger partial charge in [0.1, 0.15) is 0 Å². The van der Waals surface area contributed by atoms with Crippen LogP contribution in [0.5, 0.6) is 0 Å². The highest BCUT2D eigenvalue weighted by Crippen LogP contribution is 2.16. The summed E-state index contributed by atoms with van der Waals surface area (Å²) in [6.07, 6.45) is 4.95. The van der Waals surface area contributed by atoms with Crippen LogP contribution in [0.1, 0.15) is 63.6 Å². The van der Waals surface area contributed by atoms with Crippen LogP contribution in [0.3, 0.4) is 0 Å². The largest absolute Gasteiger partial charge is 0.307 e. The van der Waals surface area contributed by atoms with Crippen molar-refractivity contribution in [3.05, 3.63) is 35.4 Å². The number of hydrogen-bond donors (Lipinski definition) is 1. The first-order valence-electron chi connectivity index (χ1n) is 6.97. The number of benzene rings is 1. The molecule has 98 valence electrons. The van der Waals surface area contributed by atoms with Crippen LogP contribution in [-0.4, -0.2) is 6.04 Å². The van der Waals surface area contributed by atoms with E-state index in [4.69, 9.17) is 5.26 Å². The number of unbranched alkanes of at least 4 members (excludes halogenated alkanes) is 1. The Morgan fingerprint density at radius 1 is 1.22 bits per heavy atom. The molecule has 0 aliphatic carbocycles. The van der Waals surface area contributed by atoms with E-state index in [1.54, 1.807) is 0 Å². The number of nitrogens with zero attached hydrogens (tertiary/aromatic N) is 1. The van der Waals surface area contributed by atoms with Crippen molar-refractivity contribution < 1.29 is 0 Å². The van der Waals surface area contributed by atoms with E-state index in [-0.39, 0.29) is 0 Å². The molecule has 2 atom stereocenters. The predicted octanol–water partition coefficient (Wildman–Crippen LogP) is 4.18. The van der Waals surface area contributed by atoms with Crippen LogP contribution < -0.4 is 5.32 Å². The first-order chi connectivity index (χ1) is 8.71. The highest BCUT2D eigenvalue weighted by atomic mass is 14.9. The van der Waals surface area contributed by atoms with Gasteiger partial charge in [0.2, 0.25) is 0 Å². The van der Waals surface area contributed by atoms with Crippen molar-refractivity contribution in [3.63, 3.8) is 0 Å². The van der Waals surface area contributed by atoms with Gasteiger partial charge in [0, 0.05) is 12.1 Å². The first kappa shape index (κ1) is 14.7. The average molecular weight is 244 g/mol. The molecule has 0 aliphatic rings. The molecule has 1 N–H and O–H groups in total. The van der Waals surface area contributed by atoms with Crippen molar-refractivity contribution >= 4 is 0 Å². The van der Waals surface area contributed by atoms with E-state index in [0.29, 0.717) is 12.1 Å². The summed E-state index contributed by atoms with van der Waals surface area (Å²) in [5, 5.41) is 12.5. The van der Waals surface area contributed by atoms with E-state index in [2.05, 4.69) is 32.2 Å². The molecule has 0 fully saturated rings. The van der Waals surface area contributed by atoms with E-state index < -0.39 is 0 Å². The molecule has 0 amide bonds. The number of nitriles is 1. The zero-order valence-electron chi connectivity index (χ0n) is 11.7. The molecule has 18 heavy (non-hydrogen) atoms. The summed E-state index contributed by atoms with van der Waals surface area (Å²) in [5.41, 5.74) is 1.98. The van der Waals surface area contributed by atoms with Crippen molar-refractivity contribution in [2.24, 2.45) is 0 Å². The Hall–Kier alpha value is -1.33. The van der Waals surface area contributed by atoms with Gasteiger partial charge in [0.15, 0.2) is 0 Å². The van der Waals surface area contributed by atoms with Crippen LogP contribution in [0.2, 0.25) is 0 Å². The van der Waals surface area contributed by atoms with Crippen molar-refractivity contribution in [3.8, 4) is 6.07 Å². The Labute approximate surface area is 111 Å². The van der Waals surface area contributed by atoms with Crippen LogP contribution in [0.25, 0.3) is 0 Å². The van der Waals surface area contributed by atoms with Gasteiger partial charge < -0.3 is 5.32 Å². The van der Waals surface area contributed by atoms with Gasteiger partial charge in [-0.15, -0.1) is 0 Å². The number of hydrogen-bond acceptors (Lipinski definition) is 2. The zero-order valence-corrected chi connectivity index (χ0v) is 11.7. The third-order valence-electron chi connectivity index (χ3n) is 3.42. The smallest absolute Gasteiger partial charge is 0.0991 e. The van der Waals surface area contributed by atoms with E-state index >= 15 is 0 Å². The van der Waals surface area contributed by atoms with Crippen LogP contribution in [0, 0.1) is 11.3 Å². The molecule has 2 heteroatoms. The summed E-state index contributed by atoms with van der Waals surface area (Å²) in [6, 6.07) is 11.0. The van der Waals surface area contributed by atoms with Crippen molar-refractivity contribution in [1.82, 2.24) is 5.32 Å². The van der Waals surface area contributed by atoms with Gasteiger partial charge in [-0.2, -0.15) is 5.26 Å². The minimum atomic E-state index is 0.347. The lowest BCUT2D eigenvalue weighted by Gasteiger charge is -2.22. The average Bonchev–Trinajstić information content (AvgIpc) is 2.43. The Balaban J connectivity index is 2.57. The quantitative estimate of drug-likeness (QED) is 0.781. The summed E-state index contributed by atoms with van der Waals surface area (Å²) in [5.74, 6) is 0. The molecule has 0 aromatic heterocycles. The topological polar surface area (TPSA) is 35.8 Å². The number of rotatable bonds is 7. The summed E-state index contributed by atoms with van der Waals surface area (Å²) in [7, 11) is 0. The van der Waals surface area contributed by atoms with Gasteiger partial charge in [-0.25, -0.2) is 0 Å². The fourth-order valence-corrected chi connectivity index (χ4v) is 2.15. The normalized spacial score (nSPS) is 13.9. The fraction of sp³-hybridized carbons (Fsp3) is 0.562. The fourth-order valence-electron chi connectivity index (χ4n) is 2.15. The van der Waals surface area contributed by atoms with E-state index in [9.17, 15) is 0 Å². The second-order valence-electron chi connectivity index (χ2n) is 4.87. The Morgan fingerprint density at radius 3 is 2.39 bits per heavy atom. The minimum Gasteiger partial charge on any atom is -0.307 e. The molecular weight excluding hydrogens is 220 g/mol. The van der Waals surface area contributed by atoms with E-state index in [1.807, 2.05) is 24.3 Å². The van der Waals surface area contributed by atoms with Gasteiger partial charge in [0.05, 0.1) is 11.6 Å². The third kappa shape index (κ3) is 4.50. The van der Waals surface area contributed by atoms with Crippen LogP contribution in [0.4, 0.5) is 0 Å². The maximum atomic E-state index is 8.78. The van der Waals surface area contributed by atoms with Gasteiger partial charge in [-0.05, 0) is 37.5 Å². The second-order valence-corrected chi connectivity index (χ2v) is 4.87. The monoisotopic (exact) mass is 244 g/mol. The van der Waals surface area contributed by atoms with E-state index in [1.165, 1.54) is 31.2 Å². The minimum absolute atomic E-state index is 0.347. The summed E-state index contributed by atoms with van der Waals surface area (Å²) >= 11 is 0. The maximum absolute atomic E-state index is 8.78. The Kier molecular flexibility index (Phi) is 6.46. The van der Waals surface area contributed by atoms with Crippen molar-refractivity contribution in [2.75, 3.05) is 0 Å². The highest BCUT2D eigenvalue weighted by molar-refractivity contribution is 5.32. The van der Waals surface area contributed by atoms with Crippen molar-refractivity contribution in [1.29, 1.82) is 5.26 Å². The lowest BCUT2D eigenvalue weighted by molar-refractivity contribution is 0.410. The molecule has 2 unspecified atom stereocenters. The Bertz CT molecular complexity index is 375. The van der Waals surface area contributed by atoms with Gasteiger partial charge in [-0.3, -0.25) is 0 Å². The standard InChI is InChI=1S/C16H24N2/c1-4-6-7-16(5-2)18-13(3)15-10-8-14(12-17)9-11-15/h8-11,13,16,18H,4-7H2,1-3H3. The Morgan fingerprint density at radius 2 is 1.89 bits per heavy atom.